The van der Waals surface area contributed by atoms with Gasteiger partial charge in [-0.05, 0) is 42.7 Å². The van der Waals surface area contributed by atoms with Crippen LogP contribution in [0.2, 0.25) is 0 Å². The van der Waals surface area contributed by atoms with Crippen molar-refractivity contribution in [1.82, 2.24) is 4.98 Å². The van der Waals surface area contributed by atoms with Crippen LogP contribution in [-0.4, -0.2) is 4.98 Å². The molecule has 4 rings (SSSR count). The van der Waals surface area contributed by atoms with Crippen molar-refractivity contribution in [3.8, 4) is 10.6 Å². The summed E-state index contributed by atoms with van der Waals surface area (Å²) in [4.78, 5) is 4.76. The first-order valence-corrected chi connectivity index (χ1v) is 9.21. The van der Waals surface area contributed by atoms with Crippen LogP contribution in [-0.2, 0) is 0 Å². The molecule has 0 spiro atoms. The minimum absolute atomic E-state index is 1.08. The molecule has 122 valence electrons. The molecule has 0 saturated heterocycles. The smallest absolute Gasteiger partial charge is 0.124 e. The zero-order valence-corrected chi connectivity index (χ0v) is 15.2. The van der Waals surface area contributed by atoms with E-state index >= 15 is 0 Å². The highest BCUT2D eigenvalue weighted by Gasteiger charge is 2.06. The first kappa shape index (κ1) is 15.8. The van der Waals surface area contributed by atoms with E-state index in [0.717, 1.165) is 10.5 Å². The fraction of sp³-hybridized carbons (Fsp3) is 0.0870. The molecule has 1 aromatic heterocycles. The molecule has 2 heteroatoms. The summed E-state index contributed by atoms with van der Waals surface area (Å²) in [6, 6.07) is 23.6. The average molecular weight is 341 g/mol. The summed E-state index contributed by atoms with van der Waals surface area (Å²) < 4.78 is 1.25. The number of benzene rings is 3. The first-order chi connectivity index (χ1) is 12.2. The molecule has 0 unspecified atom stereocenters. The molecule has 0 aliphatic heterocycles. The van der Waals surface area contributed by atoms with Crippen LogP contribution in [0.1, 0.15) is 22.3 Å². The van der Waals surface area contributed by atoms with Gasteiger partial charge in [0.1, 0.15) is 5.01 Å². The summed E-state index contributed by atoms with van der Waals surface area (Å²) in [5, 5.41) is 1.08. The second-order valence-electron chi connectivity index (χ2n) is 6.36. The van der Waals surface area contributed by atoms with Crippen molar-refractivity contribution in [3.63, 3.8) is 0 Å². The van der Waals surface area contributed by atoms with Crippen molar-refractivity contribution in [1.29, 1.82) is 0 Å². The maximum atomic E-state index is 4.76. The average Bonchev–Trinajstić information content (AvgIpc) is 3.05. The number of hydrogen-bond donors (Lipinski definition) is 0. The van der Waals surface area contributed by atoms with Crippen molar-refractivity contribution in [3.05, 3.63) is 89.0 Å². The topological polar surface area (TPSA) is 12.9 Å². The van der Waals surface area contributed by atoms with E-state index in [0.29, 0.717) is 0 Å². The van der Waals surface area contributed by atoms with E-state index in [2.05, 4.69) is 92.7 Å². The van der Waals surface area contributed by atoms with Crippen molar-refractivity contribution in [2.45, 2.75) is 13.8 Å². The van der Waals surface area contributed by atoms with Gasteiger partial charge in [-0.1, -0.05) is 72.3 Å². The number of aryl methyl sites for hydroxylation is 2. The Morgan fingerprint density at radius 1 is 0.720 bits per heavy atom. The largest absolute Gasteiger partial charge is 0.236 e. The normalized spacial score (nSPS) is 11.4. The Morgan fingerprint density at radius 2 is 1.32 bits per heavy atom. The lowest BCUT2D eigenvalue weighted by atomic mass is 10.1. The van der Waals surface area contributed by atoms with E-state index < -0.39 is 0 Å². The number of rotatable bonds is 3. The highest BCUT2D eigenvalue weighted by atomic mass is 32.1. The second-order valence-corrected chi connectivity index (χ2v) is 7.39. The zero-order valence-electron chi connectivity index (χ0n) is 14.4. The van der Waals surface area contributed by atoms with Crippen molar-refractivity contribution < 1.29 is 0 Å². The fourth-order valence-electron chi connectivity index (χ4n) is 2.76. The summed E-state index contributed by atoms with van der Waals surface area (Å²) in [7, 11) is 0. The van der Waals surface area contributed by atoms with E-state index in [-0.39, 0.29) is 0 Å². The molecule has 0 bridgehead atoms. The SMILES string of the molecule is Cc1ccc(C=Cc2ccc(-c3nc4ccc(C)cc4s3)cc2)cc1. The summed E-state index contributed by atoms with van der Waals surface area (Å²) >= 11 is 1.75. The van der Waals surface area contributed by atoms with E-state index in [9.17, 15) is 0 Å². The summed E-state index contributed by atoms with van der Waals surface area (Å²) in [5.41, 5.74) is 7.23. The third-order valence-corrected chi connectivity index (χ3v) is 5.31. The first-order valence-electron chi connectivity index (χ1n) is 8.40. The third kappa shape index (κ3) is 3.54. The van der Waals surface area contributed by atoms with Gasteiger partial charge in [-0.3, -0.25) is 0 Å². The molecule has 0 amide bonds. The molecular weight excluding hydrogens is 322 g/mol. The predicted octanol–water partition coefficient (Wildman–Crippen LogP) is 6.75. The molecule has 0 saturated carbocycles. The molecule has 0 radical (unpaired) electrons. The third-order valence-electron chi connectivity index (χ3n) is 4.25. The minimum Gasteiger partial charge on any atom is -0.236 e. The zero-order chi connectivity index (χ0) is 17.2. The van der Waals surface area contributed by atoms with E-state index in [1.807, 2.05) is 0 Å². The van der Waals surface area contributed by atoms with E-state index in [1.54, 1.807) is 11.3 Å². The van der Waals surface area contributed by atoms with Gasteiger partial charge in [-0.2, -0.15) is 0 Å². The highest BCUT2D eigenvalue weighted by Crippen LogP contribution is 2.30. The van der Waals surface area contributed by atoms with Crippen molar-refractivity contribution in [2.75, 3.05) is 0 Å². The van der Waals surface area contributed by atoms with Crippen LogP contribution in [0.15, 0.2) is 66.7 Å². The fourth-order valence-corrected chi connectivity index (χ4v) is 3.83. The Bertz CT molecular complexity index is 1040. The number of fused-ring (bicyclic) bond motifs is 1. The van der Waals surface area contributed by atoms with Crippen LogP contribution in [0.3, 0.4) is 0 Å². The molecular formula is C23H19NS. The van der Waals surface area contributed by atoms with Gasteiger partial charge in [0, 0.05) is 5.56 Å². The predicted molar refractivity (Wildman–Crippen MR) is 110 cm³/mol. The molecule has 25 heavy (non-hydrogen) atoms. The lowest BCUT2D eigenvalue weighted by Crippen LogP contribution is -1.78. The van der Waals surface area contributed by atoms with Crippen LogP contribution in [0, 0.1) is 13.8 Å². The number of hydrogen-bond acceptors (Lipinski definition) is 2. The van der Waals surface area contributed by atoms with Crippen molar-refractivity contribution >= 4 is 33.7 Å². The quantitative estimate of drug-likeness (QED) is 0.376. The van der Waals surface area contributed by atoms with Crippen LogP contribution in [0.25, 0.3) is 32.9 Å². The van der Waals surface area contributed by atoms with Crippen LogP contribution < -0.4 is 0 Å². The molecule has 4 aromatic rings. The molecule has 0 aliphatic carbocycles. The summed E-state index contributed by atoms with van der Waals surface area (Å²) in [5.74, 6) is 0. The standard InChI is InChI=1S/C23H19NS/c1-16-3-6-18(7-4-16)8-9-19-10-12-20(13-11-19)23-24-21-14-5-17(2)15-22(21)25-23/h3-15H,1-2H3. The van der Waals surface area contributed by atoms with Crippen LogP contribution in [0.5, 0.6) is 0 Å². The van der Waals surface area contributed by atoms with Gasteiger partial charge < -0.3 is 0 Å². The monoisotopic (exact) mass is 341 g/mol. The molecule has 0 fully saturated rings. The molecule has 0 aliphatic rings. The van der Waals surface area contributed by atoms with Gasteiger partial charge in [0.2, 0.25) is 0 Å². The number of nitrogens with zero attached hydrogens (tertiary/aromatic N) is 1. The van der Waals surface area contributed by atoms with Gasteiger partial charge in [0.15, 0.2) is 0 Å². The summed E-state index contributed by atoms with van der Waals surface area (Å²) in [6.07, 6.45) is 4.30. The lowest BCUT2D eigenvalue weighted by molar-refractivity contribution is 1.45. The Labute approximate surface area is 152 Å². The Kier molecular flexibility index (Phi) is 4.21. The van der Waals surface area contributed by atoms with Gasteiger partial charge in [0.25, 0.3) is 0 Å². The Morgan fingerprint density at radius 3 is 2.00 bits per heavy atom. The minimum atomic E-state index is 1.08. The van der Waals surface area contributed by atoms with Crippen LogP contribution in [0.4, 0.5) is 0 Å². The molecule has 3 aromatic carbocycles. The van der Waals surface area contributed by atoms with E-state index in [4.69, 9.17) is 4.98 Å². The van der Waals surface area contributed by atoms with Gasteiger partial charge in [-0.25, -0.2) is 4.98 Å². The molecule has 1 nitrogen and oxygen atoms in total. The number of thiazole rings is 1. The maximum Gasteiger partial charge on any atom is 0.124 e. The molecule has 1 heterocycles. The van der Waals surface area contributed by atoms with Gasteiger partial charge in [-0.15, -0.1) is 11.3 Å². The maximum absolute atomic E-state index is 4.76. The Hall–Kier alpha value is -2.71. The van der Waals surface area contributed by atoms with Crippen LogP contribution >= 0.6 is 11.3 Å². The second kappa shape index (κ2) is 6.66. The van der Waals surface area contributed by atoms with Gasteiger partial charge >= 0.3 is 0 Å². The highest BCUT2D eigenvalue weighted by molar-refractivity contribution is 7.21. The number of aromatic nitrogens is 1. The Balaban J connectivity index is 1.57. The van der Waals surface area contributed by atoms with Gasteiger partial charge in [0.05, 0.1) is 10.2 Å². The lowest BCUT2D eigenvalue weighted by Gasteiger charge is -1.98. The van der Waals surface area contributed by atoms with E-state index in [1.165, 1.54) is 32.5 Å². The summed E-state index contributed by atoms with van der Waals surface area (Å²) in [6.45, 7) is 4.23. The van der Waals surface area contributed by atoms with Crippen molar-refractivity contribution in [2.24, 2.45) is 0 Å². The molecule has 0 N–H and O–H groups in total. The molecule has 0 atom stereocenters.